The summed E-state index contributed by atoms with van der Waals surface area (Å²) in [6.07, 6.45) is 0. The molecule has 1 aliphatic rings. The summed E-state index contributed by atoms with van der Waals surface area (Å²) in [4.78, 5) is 38.1. The van der Waals surface area contributed by atoms with Crippen molar-refractivity contribution in [3.8, 4) is 0 Å². The van der Waals surface area contributed by atoms with Crippen LogP contribution in [0.3, 0.4) is 0 Å². The molecule has 2 amide bonds. The number of nitrogens with one attached hydrogen (secondary N) is 2. The molecule has 0 atom stereocenters. The second-order valence-corrected chi connectivity index (χ2v) is 7.71. The van der Waals surface area contributed by atoms with Gasteiger partial charge in [-0.15, -0.1) is 11.8 Å². The predicted molar refractivity (Wildman–Crippen MR) is 114 cm³/mol. The summed E-state index contributed by atoms with van der Waals surface area (Å²) in [5.41, 5.74) is 6.13. The third kappa shape index (κ3) is 5.71. The Labute approximate surface area is 177 Å². The molecule has 0 radical (unpaired) electrons. The van der Waals surface area contributed by atoms with Crippen molar-refractivity contribution in [3.05, 3.63) is 63.7 Å². The van der Waals surface area contributed by atoms with Gasteiger partial charge in [-0.3, -0.25) is 30.6 Å². The molecule has 1 fully saturated rings. The van der Waals surface area contributed by atoms with Gasteiger partial charge in [0.25, 0.3) is 11.6 Å². The topological polar surface area (TPSA) is 114 Å². The second kappa shape index (κ2) is 10.1. The lowest BCUT2D eigenvalue weighted by Crippen LogP contribution is -2.42. The number of morpholine rings is 1. The molecule has 0 aliphatic carbocycles. The van der Waals surface area contributed by atoms with E-state index in [-0.39, 0.29) is 22.9 Å². The van der Waals surface area contributed by atoms with Gasteiger partial charge in [-0.2, -0.15) is 0 Å². The first-order valence-electron chi connectivity index (χ1n) is 9.34. The van der Waals surface area contributed by atoms with Crippen molar-refractivity contribution in [2.24, 2.45) is 0 Å². The number of hydrazine groups is 1. The van der Waals surface area contributed by atoms with Crippen LogP contribution in [-0.2, 0) is 9.53 Å². The number of amides is 2. The molecule has 0 spiro atoms. The number of nitro benzene ring substituents is 1. The summed E-state index contributed by atoms with van der Waals surface area (Å²) < 4.78 is 5.27. The number of aryl methyl sites for hydroxylation is 1. The van der Waals surface area contributed by atoms with Crippen LogP contribution in [0.1, 0.15) is 15.9 Å². The van der Waals surface area contributed by atoms with Crippen molar-refractivity contribution in [3.63, 3.8) is 0 Å². The molecule has 158 valence electrons. The average Bonchev–Trinajstić information content (AvgIpc) is 2.77. The number of carbonyl (C=O) groups is 2. The van der Waals surface area contributed by atoms with Crippen LogP contribution in [0.5, 0.6) is 0 Å². The SMILES string of the molecule is Cc1ccc(SCC(=O)NNC(=O)c2ccc(N3CCOCC3)c([N+](=O)[O-])c2)cc1. The van der Waals surface area contributed by atoms with E-state index >= 15 is 0 Å². The molecule has 3 rings (SSSR count). The summed E-state index contributed by atoms with van der Waals surface area (Å²) in [7, 11) is 0. The molecule has 0 unspecified atom stereocenters. The van der Waals surface area contributed by atoms with Crippen LogP contribution in [0, 0.1) is 17.0 Å². The molecule has 30 heavy (non-hydrogen) atoms. The summed E-state index contributed by atoms with van der Waals surface area (Å²) in [6.45, 7) is 4.05. The maximum atomic E-state index is 12.3. The monoisotopic (exact) mass is 430 g/mol. The predicted octanol–water partition coefficient (Wildman–Crippen LogP) is 2.29. The largest absolute Gasteiger partial charge is 0.378 e. The quantitative estimate of drug-likeness (QED) is 0.411. The Kier molecular flexibility index (Phi) is 7.26. The molecule has 0 saturated carbocycles. The Balaban J connectivity index is 1.57. The van der Waals surface area contributed by atoms with Crippen LogP contribution >= 0.6 is 11.8 Å². The Hall–Kier alpha value is -3.11. The first-order valence-corrected chi connectivity index (χ1v) is 10.3. The molecule has 1 aliphatic heterocycles. The van der Waals surface area contributed by atoms with E-state index in [1.807, 2.05) is 36.1 Å². The van der Waals surface area contributed by atoms with E-state index in [4.69, 9.17) is 4.74 Å². The molecule has 2 N–H and O–H groups in total. The van der Waals surface area contributed by atoms with Gasteiger partial charge in [-0.25, -0.2) is 0 Å². The first-order chi connectivity index (χ1) is 14.4. The lowest BCUT2D eigenvalue weighted by molar-refractivity contribution is -0.384. The first kappa shape index (κ1) is 21.6. The minimum atomic E-state index is -0.625. The Morgan fingerprint density at radius 2 is 1.83 bits per heavy atom. The lowest BCUT2D eigenvalue weighted by atomic mass is 10.1. The van der Waals surface area contributed by atoms with Crippen molar-refractivity contribution in [2.45, 2.75) is 11.8 Å². The molecule has 2 aromatic carbocycles. The van der Waals surface area contributed by atoms with Crippen molar-refractivity contribution in [1.82, 2.24) is 10.9 Å². The van der Waals surface area contributed by atoms with E-state index in [1.54, 1.807) is 6.07 Å². The molecule has 0 bridgehead atoms. The number of ether oxygens (including phenoxy) is 1. The van der Waals surface area contributed by atoms with Crippen molar-refractivity contribution >= 4 is 35.0 Å². The highest BCUT2D eigenvalue weighted by Gasteiger charge is 2.23. The van der Waals surface area contributed by atoms with Crippen molar-refractivity contribution in [1.29, 1.82) is 0 Å². The smallest absolute Gasteiger partial charge is 0.293 e. The highest BCUT2D eigenvalue weighted by molar-refractivity contribution is 8.00. The fraction of sp³-hybridized carbons (Fsp3) is 0.300. The number of rotatable bonds is 6. The number of benzene rings is 2. The van der Waals surface area contributed by atoms with Gasteiger partial charge in [0.2, 0.25) is 5.91 Å². The third-order valence-electron chi connectivity index (χ3n) is 4.49. The van der Waals surface area contributed by atoms with Crippen LogP contribution < -0.4 is 15.8 Å². The highest BCUT2D eigenvalue weighted by atomic mass is 32.2. The minimum absolute atomic E-state index is 0.0881. The van der Waals surface area contributed by atoms with Crippen LogP contribution in [0.2, 0.25) is 0 Å². The molecular weight excluding hydrogens is 408 g/mol. The molecule has 2 aromatic rings. The zero-order valence-corrected chi connectivity index (χ0v) is 17.2. The highest BCUT2D eigenvalue weighted by Crippen LogP contribution is 2.29. The fourth-order valence-electron chi connectivity index (χ4n) is 2.90. The fourth-order valence-corrected chi connectivity index (χ4v) is 3.60. The molecule has 1 saturated heterocycles. The van der Waals surface area contributed by atoms with Gasteiger partial charge >= 0.3 is 0 Å². The van der Waals surface area contributed by atoms with Crippen molar-refractivity contribution in [2.75, 3.05) is 37.0 Å². The molecule has 9 nitrogen and oxygen atoms in total. The van der Waals surface area contributed by atoms with Gasteiger partial charge in [0.05, 0.1) is 23.9 Å². The number of thioether (sulfide) groups is 1. The van der Waals surface area contributed by atoms with Crippen LogP contribution in [0.25, 0.3) is 0 Å². The Morgan fingerprint density at radius 1 is 1.13 bits per heavy atom. The number of hydrogen-bond acceptors (Lipinski definition) is 7. The normalized spacial score (nSPS) is 13.6. The molecule has 10 heteroatoms. The standard InChI is InChI=1S/C20H22N4O5S/c1-14-2-5-16(6-3-14)30-13-19(25)21-22-20(26)15-4-7-17(18(12-15)24(27)28)23-8-10-29-11-9-23/h2-7,12H,8-11,13H2,1H3,(H,21,25)(H,22,26). The molecule has 0 aromatic heterocycles. The summed E-state index contributed by atoms with van der Waals surface area (Å²) in [5, 5.41) is 11.5. The van der Waals surface area contributed by atoms with Crippen molar-refractivity contribution < 1.29 is 19.2 Å². The Morgan fingerprint density at radius 3 is 2.50 bits per heavy atom. The lowest BCUT2D eigenvalue weighted by Gasteiger charge is -2.28. The molecule has 1 heterocycles. The number of nitrogens with zero attached hydrogens (tertiary/aromatic N) is 2. The van der Waals surface area contributed by atoms with Gasteiger partial charge in [0.15, 0.2) is 0 Å². The van der Waals surface area contributed by atoms with E-state index in [9.17, 15) is 19.7 Å². The van der Waals surface area contributed by atoms with Crippen LogP contribution in [0.15, 0.2) is 47.4 Å². The van der Waals surface area contributed by atoms with E-state index in [1.165, 1.54) is 23.9 Å². The van der Waals surface area contributed by atoms with E-state index in [0.717, 1.165) is 10.5 Å². The van der Waals surface area contributed by atoms with E-state index in [0.29, 0.717) is 32.0 Å². The van der Waals surface area contributed by atoms with Gasteiger partial charge in [-0.1, -0.05) is 17.7 Å². The summed E-state index contributed by atoms with van der Waals surface area (Å²) >= 11 is 1.34. The maximum Gasteiger partial charge on any atom is 0.293 e. The van der Waals surface area contributed by atoms with E-state index < -0.39 is 10.8 Å². The summed E-state index contributed by atoms with van der Waals surface area (Å²) in [5.74, 6) is -0.881. The zero-order valence-electron chi connectivity index (χ0n) is 16.4. The number of anilines is 1. The number of hydrogen-bond donors (Lipinski definition) is 2. The Bertz CT molecular complexity index is 929. The van der Waals surface area contributed by atoms with Gasteiger partial charge in [-0.05, 0) is 31.2 Å². The second-order valence-electron chi connectivity index (χ2n) is 6.66. The number of nitro groups is 1. The molecular formula is C20H22N4O5S. The third-order valence-corrected chi connectivity index (χ3v) is 5.50. The van der Waals surface area contributed by atoms with Crippen LogP contribution in [-0.4, -0.2) is 48.8 Å². The average molecular weight is 430 g/mol. The maximum absolute atomic E-state index is 12.3. The van der Waals surface area contributed by atoms with Gasteiger partial charge < -0.3 is 9.64 Å². The summed E-state index contributed by atoms with van der Waals surface area (Å²) in [6, 6.07) is 12.0. The zero-order chi connectivity index (χ0) is 21.5. The van der Waals surface area contributed by atoms with Gasteiger partial charge in [0.1, 0.15) is 5.69 Å². The minimum Gasteiger partial charge on any atom is -0.378 e. The van der Waals surface area contributed by atoms with Crippen LogP contribution in [0.4, 0.5) is 11.4 Å². The van der Waals surface area contributed by atoms with Gasteiger partial charge in [0, 0.05) is 29.6 Å². The van der Waals surface area contributed by atoms with E-state index in [2.05, 4.69) is 10.9 Å². The number of carbonyl (C=O) groups excluding carboxylic acids is 2.